The van der Waals surface area contributed by atoms with Crippen molar-refractivity contribution in [2.24, 2.45) is 0 Å². The summed E-state index contributed by atoms with van der Waals surface area (Å²) in [4.78, 5) is 38.3. The summed E-state index contributed by atoms with van der Waals surface area (Å²) in [6.45, 7) is 6.52. The maximum absolute atomic E-state index is 12.9. The fraction of sp³-hybridized carbons (Fsp3) is 0.689. The summed E-state index contributed by atoms with van der Waals surface area (Å²) in [7, 11) is 0. The van der Waals surface area contributed by atoms with Gasteiger partial charge in [0, 0.05) is 19.3 Å². The molecular formula is C74H124O6. The Balaban J connectivity index is 4.32. The van der Waals surface area contributed by atoms with Crippen LogP contribution in [-0.2, 0) is 28.6 Å². The zero-order valence-corrected chi connectivity index (χ0v) is 52.3. The van der Waals surface area contributed by atoms with Crippen LogP contribution in [0, 0.1) is 0 Å². The molecule has 80 heavy (non-hydrogen) atoms. The van der Waals surface area contributed by atoms with E-state index in [1.165, 1.54) is 128 Å². The maximum atomic E-state index is 12.9. The van der Waals surface area contributed by atoms with Crippen LogP contribution in [0.25, 0.3) is 0 Å². The van der Waals surface area contributed by atoms with Gasteiger partial charge in [-0.05, 0) is 116 Å². The van der Waals surface area contributed by atoms with Gasteiger partial charge in [-0.25, -0.2) is 0 Å². The fourth-order valence-electron chi connectivity index (χ4n) is 9.20. The summed E-state index contributed by atoms with van der Waals surface area (Å²) in [5, 5.41) is 0. The monoisotopic (exact) mass is 1110 g/mol. The van der Waals surface area contributed by atoms with Crippen molar-refractivity contribution in [3.05, 3.63) is 122 Å². The number of esters is 3. The Morgan fingerprint density at radius 3 is 0.775 bits per heavy atom. The number of hydrogen-bond acceptors (Lipinski definition) is 6. The van der Waals surface area contributed by atoms with Gasteiger partial charge < -0.3 is 14.2 Å². The lowest BCUT2D eigenvalue weighted by molar-refractivity contribution is -0.167. The van der Waals surface area contributed by atoms with Crippen LogP contribution in [0.15, 0.2) is 122 Å². The highest BCUT2D eigenvalue weighted by atomic mass is 16.6. The topological polar surface area (TPSA) is 78.9 Å². The molecule has 1 unspecified atom stereocenters. The maximum Gasteiger partial charge on any atom is 0.306 e. The van der Waals surface area contributed by atoms with Gasteiger partial charge in [0.05, 0.1) is 0 Å². The molecule has 456 valence electrons. The summed E-state index contributed by atoms with van der Waals surface area (Å²) < 4.78 is 16.9. The molecule has 0 saturated carbocycles. The zero-order chi connectivity index (χ0) is 57.8. The van der Waals surface area contributed by atoms with Gasteiger partial charge in [0.1, 0.15) is 13.2 Å². The average molecular weight is 1110 g/mol. The lowest BCUT2D eigenvalue weighted by atomic mass is 10.0. The van der Waals surface area contributed by atoms with Gasteiger partial charge in [0.2, 0.25) is 0 Å². The molecule has 0 bridgehead atoms. The third-order valence-electron chi connectivity index (χ3n) is 14.2. The fourth-order valence-corrected chi connectivity index (χ4v) is 9.20. The molecule has 0 saturated heterocycles. The smallest absolute Gasteiger partial charge is 0.306 e. The highest BCUT2D eigenvalue weighted by Crippen LogP contribution is 2.16. The Morgan fingerprint density at radius 1 is 0.263 bits per heavy atom. The minimum atomic E-state index is -0.791. The number of unbranched alkanes of at least 4 members (excludes halogenated alkanes) is 29. The van der Waals surface area contributed by atoms with Crippen LogP contribution in [0.4, 0.5) is 0 Å². The van der Waals surface area contributed by atoms with E-state index in [1.807, 2.05) is 0 Å². The summed E-state index contributed by atoms with van der Waals surface area (Å²) in [5.74, 6) is -0.906. The Labute approximate surface area is 494 Å². The SMILES string of the molecule is CC/C=C\C/C=C\C/C=C\C/C=C\C/C=C\C/C=C\C/C=C\C/C=C\C/C=C\CCCCCCCC(=O)OCC(COC(=O)CCCCCCC/C=C\CCCCCCC)OC(=O)CCCCCCCCCCCCCCCCC. The van der Waals surface area contributed by atoms with Crippen molar-refractivity contribution in [3.8, 4) is 0 Å². The standard InChI is InChI=1S/C74H124O6/c1-4-7-10-13-16-19-22-25-28-29-30-31-32-33-34-35-36-37-38-39-40-41-42-43-44-45-47-49-52-55-58-61-64-67-73(76)79-70-71(69-78-72(75)66-63-60-57-54-51-48-27-24-21-18-15-12-9-6-3)80-74(77)68-65-62-59-56-53-50-46-26-23-20-17-14-11-8-5-2/h7,10,16,19,24-25,27-28,30-31,33-34,36-37,39-40,42-43,45,47,71H,4-6,8-9,11-15,17-18,20-23,26,29,32,35,38,41,44,46,48-70H2,1-3H3/b10-7-,19-16-,27-24-,28-25-,31-30-,34-33-,37-36-,40-39-,43-42-,47-45-. The molecule has 0 aliphatic rings. The molecule has 0 amide bonds. The first kappa shape index (κ1) is 75.8. The molecule has 0 radical (unpaired) electrons. The normalized spacial score (nSPS) is 12.9. The molecule has 0 spiro atoms. The van der Waals surface area contributed by atoms with E-state index < -0.39 is 6.10 Å². The van der Waals surface area contributed by atoms with E-state index in [0.29, 0.717) is 19.3 Å². The lowest BCUT2D eigenvalue weighted by Crippen LogP contribution is -2.30. The van der Waals surface area contributed by atoms with Crippen molar-refractivity contribution >= 4 is 17.9 Å². The molecule has 6 heteroatoms. The molecule has 0 aliphatic heterocycles. The quantitative estimate of drug-likeness (QED) is 0.0261. The van der Waals surface area contributed by atoms with Gasteiger partial charge in [0.15, 0.2) is 6.10 Å². The summed E-state index contributed by atoms with van der Waals surface area (Å²) in [6.07, 6.45) is 93.5. The van der Waals surface area contributed by atoms with Crippen molar-refractivity contribution < 1.29 is 28.6 Å². The third-order valence-corrected chi connectivity index (χ3v) is 14.2. The number of hydrogen-bond donors (Lipinski definition) is 0. The first-order chi connectivity index (χ1) is 39.5. The minimum Gasteiger partial charge on any atom is -0.462 e. The third kappa shape index (κ3) is 64.6. The second kappa shape index (κ2) is 67.3. The van der Waals surface area contributed by atoms with Crippen molar-refractivity contribution in [2.45, 2.75) is 316 Å². The molecule has 0 aromatic carbocycles. The summed E-state index contributed by atoms with van der Waals surface area (Å²) in [6, 6.07) is 0. The van der Waals surface area contributed by atoms with Crippen molar-refractivity contribution in [1.29, 1.82) is 0 Å². The Hall–Kier alpha value is -4.19. The molecule has 0 aliphatic carbocycles. The number of allylic oxidation sites excluding steroid dienone is 20. The van der Waals surface area contributed by atoms with E-state index in [1.54, 1.807) is 0 Å². The van der Waals surface area contributed by atoms with E-state index in [2.05, 4.69) is 142 Å². The predicted octanol–water partition coefficient (Wildman–Crippen LogP) is 23.2. The van der Waals surface area contributed by atoms with Gasteiger partial charge in [0.25, 0.3) is 0 Å². The number of carbonyl (C=O) groups is 3. The Kier molecular flexibility index (Phi) is 63.8. The molecule has 6 nitrogen and oxygen atoms in total. The molecule has 0 aromatic rings. The second-order valence-corrected chi connectivity index (χ2v) is 22.0. The van der Waals surface area contributed by atoms with Crippen molar-refractivity contribution in [2.75, 3.05) is 13.2 Å². The molecular weight excluding hydrogens is 985 g/mol. The van der Waals surface area contributed by atoms with Gasteiger partial charge in [-0.15, -0.1) is 0 Å². The lowest BCUT2D eigenvalue weighted by Gasteiger charge is -2.18. The number of rotatable bonds is 60. The number of carbonyl (C=O) groups excluding carboxylic acids is 3. The molecule has 0 heterocycles. The van der Waals surface area contributed by atoms with Crippen LogP contribution in [0.2, 0.25) is 0 Å². The molecule has 0 aromatic heterocycles. The van der Waals surface area contributed by atoms with E-state index in [4.69, 9.17) is 14.2 Å². The van der Waals surface area contributed by atoms with Crippen LogP contribution < -0.4 is 0 Å². The first-order valence-corrected chi connectivity index (χ1v) is 33.5. The summed E-state index contributed by atoms with van der Waals surface area (Å²) in [5.41, 5.74) is 0. The van der Waals surface area contributed by atoms with Crippen LogP contribution in [0.3, 0.4) is 0 Å². The van der Waals surface area contributed by atoms with Crippen LogP contribution in [-0.4, -0.2) is 37.2 Å². The van der Waals surface area contributed by atoms with Crippen LogP contribution in [0.1, 0.15) is 310 Å². The Bertz CT molecular complexity index is 1650. The van der Waals surface area contributed by atoms with Gasteiger partial charge in [-0.2, -0.15) is 0 Å². The van der Waals surface area contributed by atoms with Gasteiger partial charge >= 0.3 is 17.9 Å². The molecule has 0 N–H and O–H groups in total. The molecule has 0 fully saturated rings. The second-order valence-electron chi connectivity index (χ2n) is 22.0. The molecule has 1 atom stereocenters. The van der Waals surface area contributed by atoms with E-state index in [-0.39, 0.29) is 31.1 Å². The van der Waals surface area contributed by atoms with Crippen molar-refractivity contribution in [1.82, 2.24) is 0 Å². The number of ether oxygens (including phenoxy) is 3. The molecule has 0 rings (SSSR count). The van der Waals surface area contributed by atoms with Gasteiger partial charge in [-0.3, -0.25) is 14.4 Å². The van der Waals surface area contributed by atoms with Crippen LogP contribution >= 0.6 is 0 Å². The highest BCUT2D eigenvalue weighted by Gasteiger charge is 2.19. The minimum absolute atomic E-state index is 0.0873. The van der Waals surface area contributed by atoms with E-state index in [0.717, 1.165) is 141 Å². The summed E-state index contributed by atoms with van der Waals surface area (Å²) >= 11 is 0. The van der Waals surface area contributed by atoms with E-state index >= 15 is 0 Å². The highest BCUT2D eigenvalue weighted by molar-refractivity contribution is 5.71. The van der Waals surface area contributed by atoms with Crippen LogP contribution in [0.5, 0.6) is 0 Å². The van der Waals surface area contributed by atoms with Gasteiger partial charge in [-0.1, -0.05) is 296 Å². The Morgan fingerprint density at radius 2 is 0.487 bits per heavy atom. The largest absolute Gasteiger partial charge is 0.462 e. The van der Waals surface area contributed by atoms with Crippen molar-refractivity contribution in [3.63, 3.8) is 0 Å². The average Bonchev–Trinajstić information content (AvgIpc) is 3.46. The van der Waals surface area contributed by atoms with E-state index in [9.17, 15) is 14.4 Å². The zero-order valence-electron chi connectivity index (χ0n) is 52.3. The first-order valence-electron chi connectivity index (χ1n) is 33.5. The predicted molar refractivity (Wildman–Crippen MR) is 348 cm³/mol.